The van der Waals surface area contributed by atoms with Crippen molar-refractivity contribution in [3.05, 3.63) is 47.8 Å². The molecule has 4 rings (SSSR count). The Balaban J connectivity index is 1.43. The van der Waals surface area contributed by atoms with Gasteiger partial charge in [-0.2, -0.15) is 10.1 Å². The number of benzene rings is 1. The summed E-state index contributed by atoms with van der Waals surface area (Å²) in [6.45, 7) is 0.640. The summed E-state index contributed by atoms with van der Waals surface area (Å²) >= 11 is 0. The number of hydrogen-bond donors (Lipinski definition) is 3. The average Bonchev–Trinajstić information content (AvgIpc) is 3.38. The number of anilines is 3. The summed E-state index contributed by atoms with van der Waals surface area (Å²) in [5.41, 5.74) is 11.2. The molecule has 2 aromatic heterocycles. The van der Waals surface area contributed by atoms with Crippen LogP contribution in [0.2, 0.25) is 0 Å². The number of aromatic amines is 1. The van der Waals surface area contributed by atoms with Crippen molar-refractivity contribution in [2.75, 3.05) is 30.0 Å². The van der Waals surface area contributed by atoms with Gasteiger partial charge in [0.05, 0.1) is 11.3 Å². The number of nitrogens with one attached hydrogen (secondary N) is 2. The van der Waals surface area contributed by atoms with Crippen molar-refractivity contribution >= 4 is 17.5 Å². The lowest BCUT2D eigenvalue weighted by Crippen LogP contribution is -2.09. The molecule has 1 aromatic carbocycles. The fraction of sp³-hybridized carbons (Fsp3) is 0.316. The maximum absolute atomic E-state index is 6.13. The Labute approximate surface area is 152 Å². The molecule has 0 bridgehead atoms. The van der Waals surface area contributed by atoms with Gasteiger partial charge in [0.15, 0.2) is 0 Å². The zero-order chi connectivity index (χ0) is 18.1. The molecule has 0 unspecified atom stereocenters. The largest absolute Gasteiger partial charge is 0.383 e. The summed E-state index contributed by atoms with van der Waals surface area (Å²) in [6.07, 6.45) is 4.19. The zero-order valence-electron chi connectivity index (χ0n) is 15.0. The van der Waals surface area contributed by atoms with Crippen LogP contribution in [0.15, 0.2) is 36.5 Å². The minimum absolute atomic E-state index is 0.430. The van der Waals surface area contributed by atoms with Gasteiger partial charge in [0.1, 0.15) is 5.82 Å². The lowest BCUT2D eigenvalue weighted by Gasteiger charge is -2.13. The second kappa shape index (κ2) is 6.67. The third-order valence-electron chi connectivity index (χ3n) is 4.61. The van der Waals surface area contributed by atoms with Crippen LogP contribution in [0.1, 0.15) is 30.0 Å². The molecule has 0 saturated heterocycles. The first-order chi connectivity index (χ1) is 12.6. The van der Waals surface area contributed by atoms with Gasteiger partial charge in [-0.25, -0.2) is 4.98 Å². The molecular formula is C19H23N7. The lowest BCUT2D eigenvalue weighted by atomic mass is 10.2. The monoisotopic (exact) mass is 349 g/mol. The predicted molar refractivity (Wildman–Crippen MR) is 104 cm³/mol. The highest BCUT2D eigenvalue weighted by Crippen LogP contribution is 2.40. The van der Waals surface area contributed by atoms with Crippen molar-refractivity contribution in [2.24, 2.45) is 0 Å². The smallest absolute Gasteiger partial charge is 0.224 e. The van der Waals surface area contributed by atoms with Gasteiger partial charge in [-0.1, -0.05) is 12.1 Å². The van der Waals surface area contributed by atoms with Gasteiger partial charge in [0.2, 0.25) is 5.95 Å². The van der Waals surface area contributed by atoms with Crippen molar-refractivity contribution in [1.29, 1.82) is 0 Å². The first kappa shape index (κ1) is 16.4. The van der Waals surface area contributed by atoms with Crippen LogP contribution in [0.3, 0.4) is 0 Å². The van der Waals surface area contributed by atoms with Crippen LogP contribution in [0.5, 0.6) is 0 Å². The van der Waals surface area contributed by atoms with Crippen LogP contribution in [0, 0.1) is 0 Å². The number of nitrogens with zero attached hydrogens (tertiary/aromatic N) is 4. The minimum atomic E-state index is 0.430. The third-order valence-corrected chi connectivity index (χ3v) is 4.61. The molecule has 134 valence electrons. The summed E-state index contributed by atoms with van der Waals surface area (Å²) in [6, 6.07) is 10.4. The second-order valence-corrected chi connectivity index (χ2v) is 6.89. The second-order valence-electron chi connectivity index (χ2n) is 6.89. The van der Waals surface area contributed by atoms with Gasteiger partial charge in [-0.3, -0.25) is 5.10 Å². The van der Waals surface area contributed by atoms with E-state index < -0.39 is 0 Å². The van der Waals surface area contributed by atoms with Gasteiger partial charge < -0.3 is 16.0 Å². The van der Waals surface area contributed by atoms with E-state index in [4.69, 9.17) is 5.73 Å². The van der Waals surface area contributed by atoms with Crippen LogP contribution in [-0.4, -0.2) is 34.3 Å². The topological polar surface area (TPSA) is 95.8 Å². The van der Waals surface area contributed by atoms with Crippen molar-refractivity contribution < 1.29 is 0 Å². The van der Waals surface area contributed by atoms with E-state index in [1.54, 1.807) is 6.20 Å². The quantitative estimate of drug-likeness (QED) is 0.633. The average molecular weight is 349 g/mol. The van der Waals surface area contributed by atoms with E-state index in [2.05, 4.69) is 54.6 Å². The fourth-order valence-corrected chi connectivity index (χ4v) is 2.85. The first-order valence-corrected chi connectivity index (χ1v) is 8.78. The predicted octanol–water partition coefficient (Wildman–Crippen LogP) is 3.00. The van der Waals surface area contributed by atoms with Crippen LogP contribution >= 0.6 is 0 Å². The van der Waals surface area contributed by atoms with Crippen molar-refractivity contribution in [1.82, 2.24) is 20.2 Å². The number of H-pyrrole nitrogens is 1. The van der Waals surface area contributed by atoms with E-state index in [9.17, 15) is 0 Å². The summed E-state index contributed by atoms with van der Waals surface area (Å²) in [7, 11) is 4.05. The fourth-order valence-electron chi connectivity index (χ4n) is 2.85. The molecule has 0 spiro atoms. The number of hydrogen-bond acceptors (Lipinski definition) is 6. The van der Waals surface area contributed by atoms with Crippen LogP contribution < -0.4 is 16.0 Å². The standard InChI is InChI=1S/C19H23N7/c1-26(2)14-7-3-12(4-8-14)10-21-19-22-11-15(18(20)23-19)17-9-16(24-25-17)13-5-6-13/h3-4,7-9,11,13H,5-6,10H2,1-2H3,(H,24,25)(H3,20,21,22,23). The molecule has 0 atom stereocenters. The van der Waals surface area contributed by atoms with Crippen LogP contribution in [0.25, 0.3) is 11.3 Å². The van der Waals surface area contributed by atoms with Gasteiger partial charge in [0.25, 0.3) is 0 Å². The van der Waals surface area contributed by atoms with E-state index in [1.165, 1.54) is 24.2 Å². The molecule has 1 aliphatic carbocycles. The Bertz CT molecular complexity index is 895. The molecule has 0 radical (unpaired) electrons. The molecule has 1 fully saturated rings. The summed E-state index contributed by atoms with van der Waals surface area (Å²) < 4.78 is 0. The number of aromatic nitrogens is 4. The molecule has 7 nitrogen and oxygen atoms in total. The summed E-state index contributed by atoms with van der Waals surface area (Å²) in [5.74, 6) is 1.57. The van der Waals surface area contributed by atoms with Crippen molar-refractivity contribution in [3.8, 4) is 11.3 Å². The Morgan fingerprint density at radius 1 is 1.23 bits per heavy atom. The maximum Gasteiger partial charge on any atom is 0.224 e. The molecule has 0 amide bonds. The lowest BCUT2D eigenvalue weighted by molar-refractivity contribution is 0.966. The van der Waals surface area contributed by atoms with Gasteiger partial charge >= 0.3 is 0 Å². The Hall–Kier alpha value is -3.09. The van der Waals surface area contributed by atoms with E-state index in [0.29, 0.717) is 24.2 Å². The molecule has 3 aromatic rings. The SMILES string of the molecule is CN(C)c1ccc(CNc2ncc(-c3cc(C4CC4)[nH]n3)c(N)n2)cc1. The Morgan fingerprint density at radius 2 is 2.00 bits per heavy atom. The maximum atomic E-state index is 6.13. The minimum Gasteiger partial charge on any atom is -0.383 e. The summed E-state index contributed by atoms with van der Waals surface area (Å²) in [4.78, 5) is 10.8. The molecule has 26 heavy (non-hydrogen) atoms. The molecule has 0 aliphatic heterocycles. The van der Waals surface area contributed by atoms with E-state index in [0.717, 1.165) is 16.8 Å². The Kier molecular flexibility index (Phi) is 4.20. The van der Waals surface area contributed by atoms with Crippen LogP contribution in [0.4, 0.5) is 17.5 Å². The highest BCUT2D eigenvalue weighted by Gasteiger charge is 2.26. The number of nitrogens with two attached hydrogens (primary N) is 1. The van der Waals surface area contributed by atoms with Crippen molar-refractivity contribution in [2.45, 2.75) is 25.3 Å². The number of nitrogen functional groups attached to an aromatic ring is 1. The first-order valence-electron chi connectivity index (χ1n) is 8.78. The Morgan fingerprint density at radius 3 is 2.65 bits per heavy atom. The van der Waals surface area contributed by atoms with E-state index in [-0.39, 0.29) is 0 Å². The highest BCUT2D eigenvalue weighted by atomic mass is 15.1. The van der Waals surface area contributed by atoms with Gasteiger partial charge in [0, 0.05) is 44.1 Å². The number of rotatable bonds is 6. The van der Waals surface area contributed by atoms with E-state index >= 15 is 0 Å². The highest BCUT2D eigenvalue weighted by molar-refractivity contribution is 5.71. The zero-order valence-corrected chi connectivity index (χ0v) is 15.0. The molecule has 4 N–H and O–H groups in total. The molecule has 7 heteroatoms. The normalized spacial score (nSPS) is 13.6. The van der Waals surface area contributed by atoms with E-state index in [1.807, 2.05) is 20.2 Å². The van der Waals surface area contributed by atoms with Crippen molar-refractivity contribution in [3.63, 3.8) is 0 Å². The summed E-state index contributed by atoms with van der Waals surface area (Å²) in [5, 5.41) is 10.7. The van der Waals surface area contributed by atoms with Gasteiger partial charge in [-0.15, -0.1) is 0 Å². The molecular weight excluding hydrogens is 326 g/mol. The third kappa shape index (κ3) is 3.46. The molecule has 1 saturated carbocycles. The molecule has 2 heterocycles. The van der Waals surface area contributed by atoms with Crippen LogP contribution in [-0.2, 0) is 6.54 Å². The molecule has 1 aliphatic rings. The van der Waals surface area contributed by atoms with Gasteiger partial charge in [-0.05, 0) is 36.6 Å².